The molecule has 94 valence electrons. The van der Waals surface area contributed by atoms with Crippen LogP contribution in [0.25, 0.3) is 0 Å². The molecule has 0 aliphatic rings. The molecule has 1 rings (SSSR count). The molecule has 17 heavy (non-hydrogen) atoms. The van der Waals surface area contributed by atoms with Gasteiger partial charge >= 0.3 is 0 Å². The lowest BCUT2D eigenvalue weighted by molar-refractivity contribution is -0.385. The average Bonchev–Trinajstić information content (AvgIpc) is 2.26. The highest BCUT2D eigenvalue weighted by atomic mass is 35.5. The van der Waals surface area contributed by atoms with Crippen LogP contribution in [0.2, 0.25) is 5.02 Å². The summed E-state index contributed by atoms with van der Waals surface area (Å²) in [6, 6.07) is 4.64. The van der Waals surface area contributed by atoms with Gasteiger partial charge in [-0.15, -0.1) is 0 Å². The minimum atomic E-state index is -0.504. The standard InChI is InChI=1S/C12H16ClNO3/c1-3-9(8(2)15)7-10-11(13)5-4-6-12(10)14(16)17/h4-6,8-9,15H,3,7H2,1-2H3. The Kier molecular flexibility index (Phi) is 4.90. The van der Waals surface area contributed by atoms with Gasteiger partial charge < -0.3 is 5.11 Å². The monoisotopic (exact) mass is 257 g/mol. The Morgan fingerprint density at radius 3 is 2.65 bits per heavy atom. The summed E-state index contributed by atoms with van der Waals surface area (Å²) in [7, 11) is 0. The van der Waals surface area contributed by atoms with Crippen molar-refractivity contribution >= 4 is 17.3 Å². The third-order valence-electron chi connectivity index (χ3n) is 2.96. The van der Waals surface area contributed by atoms with Crippen LogP contribution in [0.5, 0.6) is 0 Å². The second-order valence-electron chi connectivity index (χ2n) is 4.11. The molecule has 2 unspecified atom stereocenters. The number of aliphatic hydroxyl groups excluding tert-OH is 1. The first-order valence-corrected chi connectivity index (χ1v) is 5.95. The number of nitrogens with zero attached hydrogens (tertiary/aromatic N) is 1. The lowest BCUT2D eigenvalue weighted by Gasteiger charge is -2.18. The zero-order valence-corrected chi connectivity index (χ0v) is 10.6. The molecular formula is C12H16ClNO3. The Morgan fingerprint density at radius 2 is 2.18 bits per heavy atom. The summed E-state index contributed by atoms with van der Waals surface area (Å²) in [4.78, 5) is 10.5. The Balaban J connectivity index is 3.07. The van der Waals surface area contributed by atoms with Crippen molar-refractivity contribution in [3.63, 3.8) is 0 Å². The van der Waals surface area contributed by atoms with E-state index in [-0.39, 0.29) is 11.6 Å². The molecule has 4 nitrogen and oxygen atoms in total. The summed E-state index contributed by atoms with van der Waals surface area (Å²) in [5, 5.41) is 20.9. The molecule has 1 aromatic carbocycles. The van der Waals surface area contributed by atoms with Crippen molar-refractivity contribution in [2.75, 3.05) is 0 Å². The third-order valence-corrected chi connectivity index (χ3v) is 3.32. The smallest absolute Gasteiger partial charge is 0.274 e. The van der Waals surface area contributed by atoms with E-state index in [1.54, 1.807) is 19.1 Å². The average molecular weight is 258 g/mol. The van der Waals surface area contributed by atoms with Gasteiger partial charge in [-0.05, 0) is 25.3 Å². The summed E-state index contributed by atoms with van der Waals surface area (Å²) < 4.78 is 0. The molecule has 0 saturated heterocycles. The van der Waals surface area contributed by atoms with Gasteiger partial charge in [0.25, 0.3) is 5.69 Å². The summed E-state index contributed by atoms with van der Waals surface area (Å²) in [5.74, 6) is -0.0198. The van der Waals surface area contributed by atoms with Crippen molar-refractivity contribution in [3.8, 4) is 0 Å². The molecule has 0 amide bonds. The van der Waals surface area contributed by atoms with Gasteiger partial charge in [-0.3, -0.25) is 10.1 Å². The summed E-state index contributed by atoms with van der Waals surface area (Å²) in [6.45, 7) is 3.64. The maximum atomic E-state index is 10.9. The third kappa shape index (κ3) is 3.41. The first kappa shape index (κ1) is 13.9. The van der Waals surface area contributed by atoms with Crippen LogP contribution in [0.3, 0.4) is 0 Å². The summed E-state index contributed by atoms with van der Waals surface area (Å²) in [5.41, 5.74) is 0.531. The van der Waals surface area contributed by atoms with Gasteiger partial charge in [0, 0.05) is 11.6 Å². The van der Waals surface area contributed by atoms with E-state index in [9.17, 15) is 15.2 Å². The first-order chi connectivity index (χ1) is 7.97. The predicted octanol–water partition coefficient (Wildman–Crippen LogP) is 3.20. The zero-order valence-electron chi connectivity index (χ0n) is 9.89. The highest BCUT2D eigenvalue weighted by Crippen LogP contribution is 2.30. The van der Waals surface area contributed by atoms with Crippen LogP contribution in [0, 0.1) is 16.0 Å². The van der Waals surface area contributed by atoms with Gasteiger partial charge in [0.1, 0.15) is 0 Å². The van der Waals surface area contributed by atoms with Crippen LogP contribution in [0.15, 0.2) is 18.2 Å². The molecule has 0 spiro atoms. The number of hydrogen-bond donors (Lipinski definition) is 1. The van der Waals surface area contributed by atoms with Crippen molar-refractivity contribution in [2.24, 2.45) is 5.92 Å². The Morgan fingerprint density at radius 1 is 1.53 bits per heavy atom. The molecule has 5 heteroatoms. The molecule has 0 aliphatic heterocycles. The Bertz CT molecular complexity index is 407. The number of aliphatic hydroxyl groups is 1. The second-order valence-corrected chi connectivity index (χ2v) is 4.51. The molecule has 0 saturated carbocycles. The molecule has 0 aromatic heterocycles. The number of nitro benzene ring substituents is 1. The van der Waals surface area contributed by atoms with Crippen LogP contribution in [0.4, 0.5) is 5.69 Å². The van der Waals surface area contributed by atoms with Crippen LogP contribution in [0.1, 0.15) is 25.8 Å². The normalized spacial score (nSPS) is 14.4. The van der Waals surface area contributed by atoms with Crippen LogP contribution >= 0.6 is 11.6 Å². The Hall–Kier alpha value is -1.13. The van der Waals surface area contributed by atoms with Gasteiger partial charge in [-0.2, -0.15) is 0 Å². The second kappa shape index (κ2) is 5.98. The number of hydrogen-bond acceptors (Lipinski definition) is 3. The number of rotatable bonds is 5. The molecule has 0 radical (unpaired) electrons. The van der Waals surface area contributed by atoms with Crippen molar-refractivity contribution in [1.29, 1.82) is 0 Å². The number of nitro groups is 1. The molecular weight excluding hydrogens is 242 g/mol. The van der Waals surface area contributed by atoms with Gasteiger partial charge in [-0.1, -0.05) is 31.0 Å². The van der Waals surface area contributed by atoms with Gasteiger partial charge in [0.2, 0.25) is 0 Å². The summed E-state index contributed by atoms with van der Waals surface area (Å²) >= 11 is 5.99. The highest BCUT2D eigenvalue weighted by Gasteiger charge is 2.22. The van der Waals surface area contributed by atoms with E-state index >= 15 is 0 Å². The molecule has 0 heterocycles. The van der Waals surface area contributed by atoms with E-state index in [0.717, 1.165) is 6.42 Å². The highest BCUT2D eigenvalue weighted by molar-refractivity contribution is 6.31. The van der Waals surface area contributed by atoms with E-state index in [1.807, 2.05) is 6.92 Å². The lowest BCUT2D eigenvalue weighted by atomic mass is 9.92. The predicted molar refractivity (Wildman–Crippen MR) is 67.3 cm³/mol. The fraction of sp³-hybridized carbons (Fsp3) is 0.500. The SMILES string of the molecule is CCC(Cc1c(Cl)cccc1[N+](=O)[O-])C(C)O. The molecule has 0 aliphatic carbocycles. The van der Waals surface area contributed by atoms with Crippen molar-refractivity contribution < 1.29 is 10.0 Å². The topological polar surface area (TPSA) is 63.4 Å². The lowest BCUT2D eigenvalue weighted by Crippen LogP contribution is -2.19. The van der Waals surface area contributed by atoms with Gasteiger partial charge in [-0.25, -0.2) is 0 Å². The maximum absolute atomic E-state index is 10.9. The van der Waals surface area contributed by atoms with E-state index < -0.39 is 11.0 Å². The van der Waals surface area contributed by atoms with Crippen LogP contribution < -0.4 is 0 Å². The van der Waals surface area contributed by atoms with E-state index in [4.69, 9.17) is 11.6 Å². The van der Waals surface area contributed by atoms with Gasteiger partial charge in [0.15, 0.2) is 0 Å². The van der Waals surface area contributed by atoms with E-state index in [0.29, 0.717) is 17.0 Å². The maximum Gasteiger partial charge on any atom is 0.274 e. The fourth-order valence-corrected chi connectivity index (χ4v) is 2.09. The van der Waals surface area contributed by atoms with Crippen LogP contribution in [-0.4, -0.2) is 16.1 Å². The zero-order chi connectivity index (χ0) is 13.0. The van der Waals surface area contributed by atoms with Crippen molar-refractivity contribution in [2.45, 2.75) is 32.8 Å². The van der Waals surface area contributed by atoms with Crippen LogP contribution in [-0.2, 0) is 6.42 Å². The van der Waals surface area contributed by atoms with E-state index in [1.165, 1.54) is 6.07 Å². The van der Waals surface area contributed by atoms with Crippen molar-refractivity contribution in [3.05, 3.63) is 38.9 Å². The molecule has 1 aromatic rings. The molecule has 0 bridgehead atoms. The van der Waals surface area contributed by atoms with Gasteiger partial charge in [0.05, 0.1) is 16.0 Å². The molecule has 0 fully saturated rings. The minimum Gasteiger partial charge on any atom is -0.393 e. The fourth-order valence-electron chi connectivity index (χ4n) is 1.84. The largest absolute Gasteiger partial charge is 0.393 e. The van der Waals surface area contributed by atoms with Crippen molar-refractivity contribution in [1.82, 2.24) is 0 Å². The minimum absolute atomic E-state index is 0.0198. The number of benzene rings is 1. The number of halogens is 1. The van der Waals surface area contributed by atoms with E-state index in [2.05, 4.69) is 0 Å². The molecule has 2 atom stereocenters. The molecule has 1 N–H and O–H groups in total. The quantitative estimate of drug-likeness (QED) is 0.651. The first-order valence-electron chi connectivity index (χ1n) is 5.57. The Labute approximate surface area is 105 Å². The summed E-state index contributed by atoms with van der Waals surface area (Å²) in [6.07, 6.45) is 0.667.